The zero-order chi connectivity index (χ0) is 13.1. The first-order valence-electron chi connectivity index (χ1n) is 6.21. The molecule has 1 aliphatic rings. The van der Waals surface area contributed by atoms with Gasteiger partial charge < -0.3 is 4.74 Å². The second-order valence-electron chi connectivity index (χ2n) is 4.88. The van der Waals surface area contributed by atoms with E-state index in [9.17, 15) is 4.79 Å². The van der Waals surface area contributed by atoms with E-state index >= 15 is 0 Å². The lowest BCUT2D eigenvalue weighted by atomic mass is 10.1. The summed E-state index contributed by atoms with van der Waals surface area (Å²) in [5.74, 6) is 0.170. The fourth-order valence-electron chi connectivity index (χ4n) is 2.34. The van der Waals surface area contributed by atoms with Gasteiger partial charge in [-0.3, -0.25) is 9.69 Å². The van der Waals surface area contributed by atoms with Gasteiger partial charge in [0.15, 0.2) is 5.78 Å². The second-order valence-corrected chi connectivity index (χ2v) is 5.80. The van der Waals surface area contributed by atoms with Gasteiger partial charge in [0.25, 0.3) is 0 Å². The summed E-state index contributed by atoms with van der Waals surface area (Å²) in [7, 11) is 0. The summed E-state index contributed by atoms with van der Waals surface area (Å²) < 4.78 is 6.65. The van der Waals surface area contributed by atoms with Crippen LogP contribution in [0.5, 0.6) is 0 Å². The molecule has 0 bridgehead atoms. The first kappa shape index (κ1) is 13.7. The molecule has 4 heteroatoms. The molecule has 1 aliphatic heterocycles. The number of hydrogen-bond acceptors (Lipinski definition) is 3. The van der Waals surface area contributed by atoms with E-state index < -0.39 is 0 Å². The van der Waals surface area contributed by atoms with Crippen molar-refractivity contribution in [3.8, 4) is 0 Å². The molecule has 2 atom stereocenters. The number of rotatable bonds is 3. The molecule has 3 nitrogen and oxygen atoms in total. The molecule has 0 N–H and O–H groups in total. The molecule has 0 radical (unpaired) electrons. The number of nitrogens with zero attached hydrogens (tertiary/aromatic N) is 1. The maximum absolute atomic E-state index is 12.1. The maximum Gasteiger partial charge on any atom is 0.176 e. The van der Waals surface area contributed by atoms with Crippen LogP contribution < -0.4 is 0 Å². The molecule has 2 rings (SSSR count). The van der Waals surface area contributed by atoms with Crippen molar-refractivity contribution in [3.63, 3.8) is 0 Å². The van der Waals surface area contributed by atoms with Gasteiger partial charge in [-0.25, -0.2) is 0 Å². The van der Waals surface area contributed by atoms with E-state index in [1.54, 1.807) is 0 Å². The van der Waals surface area contributed by atoms with E-state index in [0.717, 1.165) is 23.1 Å². The van der Waals surface area contributed by atoms with Crippen molar-refractivity contribution in [1.82, 2.24) is 4.90 Å². The third-order valence-corrected chi connectivity index (χ3v) is 3.56. The standard InChI is InChI=1S/C14H18BrNO2/c1-10-7-16(8-11(2)18-10)9-14(17)12-3-5-13(15)6-4-12/h3-6,10-11H,7-9H2,1-2H3/t10-,11-/m0/s1. The summed E-state index contributed by atoms with van der Waals surface area (Å²) in [5.41, 5.74) is 0.769. The van der Waals surface area contributed by atoms with Gasteiger partial charge in [-0.05, 0) is 26.0 Å². The van der Waals surface area contributed by atoms with Crippen LogP contribution in [0.1, 0.15) is 24.2 Å². The first-order chi connectivity index (χ1) is 8.54. The van der Waals surface area contributed by atoms with Crippen LogP contribution in [-0.2, 0) is 4.74 Å². The third kappa shape index (κ3) is 3.64. The number of halogens is 1. The van der Waals surface area contributed by atoms with Crippen LogP contribution in [0.4, 0.5) is 0 Å². The van der Waals surface area contributed by atoms with Crippen molar-refractivity contribution in [2.45, 2.75) is 26.1 Å². The molecule has 18 heavy (non-hydrogen) atoms. The van der Waals surface area contributed by atoms with E-state index in [0.29, 0.717) is 6.54 Å². The van der Waals surface area contributed by atoms with Crippen LogP contribution in [0.15, 0.2) is 28.7 Å². The number of carbonyl (C=O) groups is 1. The molecule has 0 aromatic heterocycles. The monoisotopic (exact) mass is 311 g/mol. The highest BCUT2D eigenvalue weighted by molar-refractivity contribution is 9.10. The second kappa shape index (κ2) is 5.95. The Labute approximate surface area is 116 Å². The lowest BCUT2D eigenvalue weighted by molar-refractivity contribution is -0.0652. The average molecular weight is 312 g/mol. The molecule has 1 aromatic carbocycles. The predicted molar refractivity (Wildman–Crippen MR) is 74.9 cm³/mol. The van der Waals surface area contributed by atoms with Crippen LogP contribution >= 0.6 is 15.9 Å². The minimum atomic E-state index is 0.170. The number of ketones is 1. The Balaban J connectivity index is 1.96. The average Bonchev–Trinajstić information content (AvgIpc) is 2.28. The molecule has 0 aliphatic carbocycles. The van der Waals surface area contributed by atoms with Crippen molar-refractivity contribution < 1.29 is 9.53 Å². The Morgan fingerprint density at radius 2 is 1.83 bits per heavy atom. The Hall–Kier alpha value is -0.710. The molecular formula is C14H18BrNO2. The minimum absolute atomic E-state index is 0.170. The summed E-state index contributed by atoms with van der Waals surface area (Å²) >= 11 is 3.37. The quantitative estimate of drug-likeness (QED) is 0.804. The summed E-state index contributed by atoms with van der Waals surface area (Å²) in [6.07, 6.45) is 0.401. The van der Waals surface area contributed by atoms with E-state index in [1.165, 1.54) is 0 Å². The van der Waals surface area contributed by atoms with E-state index in [4.69, 9.17) is 4.74 Å². The van der Waals surface area contributed by atoms with Crippen LogP contribution in [0.2, 0.25) is 0 Å². The molecule has 0 amide bonds. The number of carbonyl (C=O) groups excluding carboxylic acids is 1. The number of morpholine rings is 1. The molecule has 98 valence electrons. The van der Waals surface area contributed by atoms with Crippen LogP contribution in [0, 0.1) is 0 Å². The largest absolute Gasteiger partial charge is 0.373 e. The Morgan fingerprint density at radius 3 is 2.39 bits per heavy atom. The minimum Gasteiger partial charge on any atom is -0.373 e. The highest BCUT2D eigenvalue weighted by atomic mass is 79.9. The van der Waals surface area contributed by atoms with Crippen molar-refractivity contribution in [1.29, 1.82) is 0 Å². The van der Waals surface area contributed by atoms with E-state index in [2.05, 4.69) is 20.8 Å². The van der Waals surface area contributed by atoms with Gasteiger partial charge in [0, 0.05) is 23.1 Å². The molecule has 1 heterocycles. The zero-order valence-electron chi connectivity index (χ0n) is 10.7. The highest BCUT2D eigenvalue weighted by Crippen LogP contribution is 2.14. The van der Waals surface area contributed by atoms with Gasteiger partial charge in [-0.15, -0.1) is 0 Å². The number of ether oxygens (including phenoxy) is 1. The number of hydrogen-bond donors (Lipinski definition) is 0. The molecular weight excluding hydrogens is 294 g/mol. The van der Waals surface area contributed by atoms with E-state index in [-0.39, 0.29) is 18.0 Å². The number of Topliss-reactive ketones (excluding diaryl/α,β-unsaturated/α-hetero) is 1. The predicted octanol–water partition coefficient (Wildman–Crippen LogP) is 2.74. The van der Waals surface area contributed by atoms with Gasteiger partial charge in [0.1, 0.15) is 0 Å². The fraction of sp³-hybridized carbons (Fsp3) is 0.500. The van der Waals surface area contributed by atoms with Gasteiger partial charge in [-0.2, -0.15) is 0 Å². The number of benzene rings is 1. The van der Waals surface area contributed by atoms with Crippen molar-refractivity contribution in [2.75, 3.05) is 19.6 Å². The summed E-state index contributed by atoms with van der Waals surface area (Å²) in [6.45, 7) is 6.22. The van der Waals surface area contributed by atoms with Crippen LogP contribution in [0.3, 0.4) is 0 Å². The Bertz CT molecular complexity index is 408. The Kier molecular flexibility index (Phi) is 4.54. The maximum atomic E-state index is 12.1. The van der Waals surface area contributed by atoms with Crippen LogP contribution in [-0.4, -0.2) is 42.5 Å². The highest BCUT2D eigenvalue weighted by Gasteiger charge is 2.23. The van der Waals surface area contributed by atoms with Crippen molar-refractivity contribution in [3.05, 3.63) is 34.3 Å². The lowest BCUT2D eigenvalue weighted by Crippen LogP contribution is -2.47. The Morgan fingerprint density at radius 1 is 1.28 bits per heavy atom. The smallest absolute Gasteiger partial charge is 0.176 e. The van der Waals surface area contributed by atoms with Gasteiger partial charge in [0.2, 0.25) is 0 Å². The van der Waals surface area contributed by atoms with Crippen molar-refractivity contribution in [2.24, 2.45) is 0 Å². The van der Waals surface area contributed by atoms with Gasteiger partial charge in [-0.1, -0.05) is 28.1 Å². The molecule has 1 fully saturated rings. The molecule has 1 saturated heterocycles. The SMILES string of the molecule is C[C@H]1CN(CC(=O)c2ccc(Br)cc2)C[C@H](C)O1. The third-order valence-electron chi connectivity index (χ3n) is 3.03. The van der Waals surface area contributed by atoms with Gasteiger partial charge >= 0.3 is 0 Å². The summed E-state index contributed by atoms with van der Waals surface area (Å²) in [4.78, 5) is 14.3. The van der Waals surface area contributed by atoms with Gasteiger partial charge in [0.05, 0.1) is 18.8 Å². The summed E-state index contributed by atoms with van der Waals surface area (Å²) in [5, 5.41) is 0. The molecule has 1 aromatic rings. The molecule has 0 spiro atoms. The molecule has 0 saturated carbocycles. The normalized spacial score (nSPS) is 25.1. The zero-order valence-corrected chi connectivity index (χ0v) is 12.3. The van der Waals surface area contributed by atoms with Crippen molar-refractivity contribution >= 4 is 21.7 Å². The molecule has 0 unspecified atom stereocenters. The first-order valence-corrected chi connectivity index (χ1v) is 7.00. The lowest BCUT2D eigenvalue weighted by Gasteiger charge is -2.34. The van der Waals surface area contributed by atoms with Crippen LogP contribution in [0.25, 0.3) is 0 Å². The fourth-order valence-corrected chi connectivity index (χ4v) is 2.61. The topological polar surface area (TPSA) is 29.5 Å². The summed E-state index contributed by atoms with van der Waals surface area (Å²) in [6, 6.07) is 7.52. The van der Waals surface area contributed by atoms with E-state index in [1.807, 2.05) is 38.1 Å².